The quantitative estimate of drug-likeness (QED) is 0.629. The lowest BCUT2D eigenvalue weighted by atomic mass is 9.89. The van der Waals surface area contributed by atoms with Gasteiger partial charge in [0.2, 0.25) is 0 Å². The first-order chi connectivity index (χ1) is 14.5. The summed E-state index contributed by atoms with van der Waals surface area (Å²) in [5, 5.41) is 3.54. The number of Topliss-reactive ketones (excluding diaryl/α,β-unsaturated/α-hetero) is 1. The Balaban J connectivity index is 1.28. The van der Waals surface area contributed by atoms with Crippen LogP contribution in [0.3, 0.4) is 0 Å². The molecule has 8 heteroatoms. The number of halogens is 1. The Morgan fingerprint density at radius 1 is 1.13 bits per heavy atom. The van der Waals surface area contributed by atoms with Crippen molar-refractivity contribution < 1.29 is 14.3 Å². The second kappa shape index (κ2) is 8.75. The molecule has 2 aromatic heterocycles. The van der Waals surface area contributed by atoms with Crippen LogP contribution in [0.15, 0.2) is 48.8 Å². The number of ether oxygens (including phenoxy) is 1. The predicted octanol–water partition coefficient (Wildman–Crippen LogP) is 3.80. The van der Waals surface area contributed by atoms with E-state index in [1.807, 2.05) is 16.7 Å². The summed E-state index contributed by atoms with van der Waals surface area (Å²) in [7, 11) is 1.60. The van der Waals surface area contributed by atoms with Crippen LogP contribution in [0.25, 0.3) is 5.65 Å². The summed E-state index contributed by atoms with van der Waals surface area (Å²) in [5.74, 6) is 0.790. The molecule has 1 aliphatic rings. The maximum atomic E-state index is 12.7. The molecule has 7 nitrogen and oxygen atoms in total. The summed E-state index contributed by atoms with van der Waals surface area (Å²) < 4.78 is 6.97. The molecule has 0 saturated carbocycles. The monoisotopic (exact) mass is 426 g/mol. The number of piperidine rings is 1. The standard InChI is InChI=1S/C22H23ClN4O3/c1-30-19-5-2-15(3-6-19)21(28)16-8-10-26(11-9-16)22(29)24-12-18-14-27-13-17(23)4-7-20(27)25-18/h2-7,13-14,16H,8-12H2,1H3,(H,24,29). The fourth-order valence-corrected chi connectivity index (χ4v) is 3.88. The molecule has 156 valence electrons. The number of benzene rings is 1. The molecule has 3 aromatic rings. The lowest BCUT2D eigenvalue weighted by molar-refractivity contribution is 0.0854. The number of imidazole rings is 1. The van der Waals surface area contributed by atoms with Crippen molar-refractivity contribution in [1.29, 1.82) is 0 Å². The van der Waals surface area contributed by atoms with Crippen molar-refractivity contribution in [1.82, 2.24) is 19.6 Å². The number of nitrogens with zero attached hydrogens (tertiary/aromatic N) is 3. The van der Waals surface area contributed by atoms with Crippen LogP contribution >= 0.6 is 11.6 Å². The molecule has 3 heterocycles. The average Bonchev–Trinajstić information content (AvgIpc) is 3.19. The molecule has 2 amide bonds. The molecule has 0 unspecified atom stereocenters. The van der Waals surface area contributed by atoms with Crippen LogP contribution < -0.4 is 10.1 Å². The number of likely N-dealkylation sites (tertiary alicyclic amines) is 1. The summed E-state index contributed by atoms with van der Waals surface area (Å²) in [4.78, 5) is 31.5. The minimum atomic E-state index is -0.138. The summed E-state index contributed by atoms with van der Waals surface area (Å²) in [6.07, 6.45) is 4.94. The van der Waals surface area contributed by atoms with Gasteiger partial charge in [-0.25, -0.2) is 9.78 Å². The number of ketones is 1. The molecular weight excluding hydrogens is 404 g/mol. The Kier molecular flexibility index (Phi) is 5.90. The molecule has 1 N–H and O–H groups in total. The highest BCUT2D eigenvalue weighted by Crippen LogP contribution is 2.23. The molecule has 4 rings (SSSR count). The van der Waals surface area contributed by atoms with Crippen molar-refractivity contribution in [3.63, 3.8) is 0 Å². The Morgan fingerprint density at radius 3 is 2.57 bits per heavy atom. The number of aromatic nitrogens is 2. The second-order valence-electron chi connectivity index (χ2n) is 7.36. The maximum absolute atomic E-state index is 12.7. The first-order valence-corrected chi connectivity index (χ1v) is 10.3. The zero-order valence-electron chi connectivity index (χ0n) is 16.7. The van der Waals surface area contributed by atoms with Crippen molar-refractivity contribution in [2.24, 2.45) is 5.92 Å². The molecule has 1 fully saturated rings. The number of nitrogens with one attached hydrogen (secondary N) is 1. The average molecular weight is 427 g/mol. The van der Waals surface area contributed by atoms with Crippen molar-refractivity contribution in [2.45, 2.75) is 19.4 Å². The van der Waals surface area contributed by atoms with E-state index in [4.69, 9.17) is 16.3 Å². The van der Waals surface area contributed by atoms with E-state index in [-0.39, 0.29) is 17.7 Å². The van der Waals surface area contributed by atoms with Crippen LogP contribution in [0.2, 0.25) is 5.02 Å². The van der Waals surface area contributed by atoms with Crippen LogP contribution in [-0.4, -0.2) is 46.3 Å². The first-order valence-electron chi connectivity index (χ1n) is 9.87. The van der Waals surface area contributed by atoms with Gasteiger partial charge < -0.3 is 19.4 Å². The number of carbonyl (C=O) groups is 2. The smallest absolute Gasteiger partial charge is 0.317 e. The molecule has 30 heavy (non-hydrogen) atoms. The SMILES string of the molecule is COc1ccc(C(=O)C2CCN(C(=O)NCc3cn4cc(Cl)ccc4n3)CC2)cc1. The molecule has 0 radical (unpaired) electrons. The third-order valence-corrected chi connectivity index (χ3v) is 5.64. The molecule has 1 aromatic carbocycles. The Hall–Kier alpha value is -3.06. The summed E-state index contributed by atoms with van der Waals surface area (Å²) >= 11 is 5.99. The molecule has 1 saturated heterocycles. The van der Waals surface area contributed by atoms with Gasteiger partial charge in [-0.2, -0.15) is 0 Å². The van der Waals surface area contributed by atoms with E-state index in [1.165, 1.54) is 0 Å². The van der Waals surface area contributed by atoms with Gasteiger partial charge in [0.15, 0.2) is 5.78 Å². The topological polar surface area (TPSA) is 75.9 Å². The summed E-state index contributed by atoms with van der Waals surface area (Å²) in [6, 6.07) is 10.7. The van der Waals surface area contributed by atoms with E-state index in [0.29, 0.717) is 43.1 Å². The number of amides is 2. The first kappa shape index (κ1) is 20.2. The highest BCUT2D eigenvalue weighted by atomic mass is 35.5. The third-order valence-electron chi connectivity index (χ3n) is 5.41. The minimum absolute atomic E-state index is 0.0642. The molecule has 0 bridgehead atoms. The van der Waals surface area contributed by atoms with Crippen LogP contribution in [0.4, 0.5) is 4.79 Å². The van der Waals surface area contributed by atoms with Crippen LogP contribution in [0, 0.1) is 5.92 Å². The largest absolute Gasteiger partial charge is 0.497 e. The molecule has 1 aliphatic heterocycles. The molecule has 0 spiro atoms. The van der Waals surface area contributed by atoms with Crippen molar-refractivity contribution in [3.8, 4) is 5.75 Å². The van der Waals surface area contributed by atoms with Crippen molar-refractivity contribution >= 4 is 29.1 Å². The Bertz CT molecular complexity index is 1060. The van der Waals surface area contributed by atoms with Gasteiger partial charge in [-0.05, 0) is 49.2 Å². The highest BCUT2D eigenvalue weighted by Gasteiger charge is 2.28. The molecule has 0 aliphatic carbocycles. The highest BCUT2D eigenvalue weighted by molar-refractivity contribution is 6.30. The number of rotatable bonds is 5. The van der Waals surface area contributed by atoms with Gasteiger partial charge >= 0.3 is 6.03 Å². The van der Waals surface area contributed by atoms with Crippen molar-refractivity contribution in [3.05, 3.63) is 65.1 Å². The zero-order valence-corrected chi connectivity index (χ0v) is 17.4. The maximum Gasteiger partial charge on any atom is 0.317 e. The van der Waals surface area contributed by atoms with Gasteiger partial charge in [-0.3, -0.25) is 4.79 Å². The number of fused-ring (bicyclic) bond motifs is 1. The number of pyridine rings is 1. The number of urea groups is 1. The van der Waals surface area contributed by atoms with E-state index >= 15 is 0 Å². The summed E-state index contributed by atoms with van der Waals surface area (Å²) in [6.45, 7) is 1.45. The summed E-state index contributed by atoms with van der Waals surface area (Å²) in [5.41, 5.74) is 2.22. The van der Waals surface area contributed by atoms with E-state index in [0.717, 1.165) is 17.1 Å². The van der Waals surface area contributed by atoms with E-state index in [1.54, 1.807) is 48.5 Å². The van der Waals surface area contributed by atoms with E-state index < -0.39 is 0 Å². The third kappa shape index (κ3) is 4.41. The Morgan fingerprint density at radius 2 is 1.87 bits per heavy atom. The predicted molar refractivity (Wildman–Crippen MR) is 114 cm³/mol. The van der Waals surface area contributed by atoms with Gasteiger partial charge in [0.25, 0.3) is 0 Å². The second-order valence-corrected chi connectivity index (χ2v) is 7.79. The van der Waals surface area contributed by atoms with Gasteiger partial charge in [0, 0.05) is 37.0 Å². The van der Waals surface area contributed by atoms with E-state index in [2.05, 4.69) is 10.3 Å². The Labute approximate surface area is 179 Å². The zero-order chi connectivity index (χ0) is 21.1. The fourth-order valence-electron chi connectivity index (χ4n) is 3.72. The minimum Gasteiger partial charge on any atom is -0.497 e. The fraction of sp³-hybridized carbons (Fsp3) is 0.318. The van der Waals surface area contributed by atoms with E-state index in [9.17, 15) is 9.59 Å². The number of hydrogen-bond acceptors (Lipinski definition) is 4. The number of hydrogen-bond donors (Lipinski definition) is 1. The van der Waals surface area contributed by atoms with Crippen LogP contribution in [0.1, 0.15) is 28.9 Å². The number of carbonyl (C=O) groups excluding carboxylic acids is 2. The van der Waals surface area contributed by atoms with Crippen LogP contribution in [0.5, 0.6) is 5.75 Å². The lowest BCUT2D eigenvalue weighted by Crippen LogP contribution is -2.45. The molecular formula is C22H23ClN4O3. The van der Waals surface area contributed by atoms with Crippen LogP contribution in [-0.2, 0) is 6.54 Å². The van der Waals surface area contributed by atoms with Gasteiger partial charge in [-0.1, -0.05) is 11.6 Å². The van der Waals surface area contributed by atoms with Crippen molar-refractivity contribution in [2.75, 3.05) is 20.2 Å². The van der Waals surface area contributed by atoms with Gasteiger partial charge in [0.05, 0.1) is 24.4 Å². The van der Waals surface area contributed by atoms with Gasteiger partial charge in [0.1, 0.15) is 11.4 Å². The van der Waals surface area contributed by atoms with Gasteiger partial charge in [-0.15, -0.1) is 0 Å². The molecule has 0 atom stereocenters. The number of methoxy groups -OCH3 is 1. The normalized spacial score (nSPS) is 14.7. The lowest BCUT2D eigenvalue weighted by Gasteiger charge is -2.31.